The van der Waals surface area contributed by atoms with Crippen molar-refractivity contribution >= 4 is 5.95 Å². The van der Waals surface area contributed by atoms with Crippen molar-refractivity contribution in [3.05, 3.63) is 57.0 Å². The van der Waals surface area contributed by atoms with Gasteiger partial charge in [-0.15, -0.1) is 0 Å². The Labute approximate surface area is 136 Å². The predicted octanol–water partition coefficient (Wildman–Crippen LogP) is 2.25. The third-order valence-electron chi connectivity index (χ3n) is 4.41. The fraction of sp³-hybridized carbons (Fsp3) is 0.444. The average molecular weight is 312 g/mol. The highest BCUT2D eigenvalue weighted by atomic mass is 16.1. The van der Waals surface area contributed by atoms with E-state index in [-0.39, 0.29) is 11.5 Å². The normalized spacial score (nSPS) is 14.7. The van der Waals surface area contributed by atoms with E-state index >= 15 is 0 Å². The molecule has 5 nitrogen and oxygen atoms in total. The molecule has 3 rings (SSSR count). The maximum absolute atomic E-state index is 12.0. The van der Waals surface area contributed by atoms with Gasteiger partial charge >= 0.3 is 0 Å². The minimum atomic E-state index is -0.105. The number of hydrogen-bond donors (Lipinski definition) is 2. The van der Waals surface area contributed by atoms with E-state index in [1.807, 2.05) is 0 Å². The lowest BCUT2D eigenvalue weighted by atomic mass is 10.0. The van der Waals surface area contributed by atoms with Gasteiger partial charge in [0.05, 0.1) is 11.3 Å². The van der Waals surface area contributed by atoms with Crippen molar-refractivity contribution in [2.45, 2.75) is 45.7 Å². The van der Waals surface area contributed by atoms with Crippen LogP contribution in [0.5, 0.6) is 0 Å². The van der Waals surface area contributed by atoms with Gasteiger partial charge in [0, 0.05) is 26.1 Å². The number of unbranched alkanes of at least 4 members (excludes halogenated alkanes) is 1. The number of aryl methyl sites for hydroxylation is 1. The second-order valence-corrected chi connectivity index (χ2v) is 6.26. The van der Waals surface area contributed by atoms with Crippen molar-refractivity contribution in [1.29, 1.82) is 0 Å². The minimum absolute atomic E-state index is 0.105. The first-order valence-electron chi connectivity index (χ1n) is 8.33. The summed E-state index contributed by atoms with van der Waals surface area (Å²) in [5.41, 5.74) is 9.79. The van der Waals surface area contributed by atoms with Gasteiger partial charge in [-0.25, -0.2) is 4.98 Å². The van der Waals surface area contributed by atoms with Gasteiger partial charge in [0.1, 0.15) is 0 Å². The van der Waals surface area contributed by atoms with E-state index in [0.29, 0.717) is 6.54 Å². The van der Waals surface area contributed by atoms with Gasteiger partial charge in [-0.1, -0.05) is 37.6 Å². The molecule has 0 atom stereocenters. The Morgan fingerprint density at radius 3 is 2.74 bits per heavy atom. The van der Waals surface area contributed by atoms with Crippen LogP contribution in [0.2, 0.25) is 0 Å². The van der Waals surface area contributed by atoms with Crippen molar-refractivity contribution in [2.24, 2.45) is 0 Å². The third kappa shape index (κ3) is 3.79. The molecule has 23 heavy (non-hydrogen) atoms. The largest absolute Gasteiger partial charge is 0.369 e. The Morgan fingerprint density at radius 1 is 1.26 bits per heavy atom. The van der Waals surface area contributed by atoms with Crippen LogP contribution in [-0.2, 0) is 25.9 Å². The van der Waals surface area contributed by atoms with Crippen molar-refractivity contribution in [3.8, 4) is 0 Å². The van der Waals surface area contributed by atoms with E-state index in [0.717, 1.165) is 37.2 Å². The van der Waals surface area contributed by atoms with E-state index in [1.165, 1.54) is 24.0 Å². The molecule has 1 aliphatic rings. The molecule has 2 aromatic rings. The zero-order chi connectivity index (χ0) is 16.2. The first-order valence-corrected chi connectivity index (χ1v) is 8.33. The predicted molar refractivity (Wildman–Crippen MR) is 92.1 cm³/mol. The SMILES string of the molecule is CCCCc1ccc(CN2CCc3nc(N)[nH]c(=O)c3C2)cc1. The Bertz CT molecular complexity index is 721. The highest BCUT2D eigenvalue weighted by molar-refractivity contribution is 5.28. The molecule has 2 heterocycles. The van der Waals surface area contributed by atoms with Crippen LogP contribution in [-0.4, -0.2) is 21.4 Å². The molecular formula is C18H24N4O. The molecule has 3 N–H and O–H groups in total. The number of benzene rings is 1. The summed E-state index contributed by atoms with van der Waals surface area (Å²) in [7, 11) is 0. The highest BCUT2D eigenvalue weighted by Crippen LogP contribution is 2.17. The topological polar surface area (TPSA) is 75.0 Å². The number of rotatable bonds is 5. The fourth-order valence-corrected chi connectivity index (χ4v) is 3.09. The van der Waals surface area contributed by atoms with Gasteiger partial charge in [-0.05, 0) is 24.0 Å². The molecule has 0 saturated heterocycles. The van der Waals surface area contributed by atoms with E-state index in [1.54, 1.807) is 0 Å². The molecule has 0 saturated carbocycles. The first kappa shape index (κ1) is 15.7. The number of H-pyrrole nitrogens is 1. The monoisotopic (exact) mass is 312 g/mol. The number of fused-ring (bicyclic) bond motifs is 1. The Morgan fingerprint density at radius 2 is 2.00 bits per heavy atom. The van der Waals surface area contributed by atoms with Gasteiger partial charge in [-0.2, -0.15) is 0 Å². The Kier molecular flexibility index (Phi) is 4.76. The van der Waals surface area contributed by atoms with Crippen LogP contribution in [0.15, 0.2) is 29.1 Å². The summed E-state index contributed by atoms with van der Waals surface area (Å²) in [5.74, 6) is 0.213. The van der Waals surface area contributed by atoms with Gasteiger partial charge in [0.15, 0.2) is 0 Å². The summed E-state index contributed by atoms with van der Waals surface area (Å²) in [6.45, 7) is 4.61. The summed E-state index contributed by atoms with van der Waals surface area (Å²) < 4.78 is 0. The molecule has 5 heteroatoms. The van der Waals surface area contributed by atoms with Crippen LogP contribution in [0.3, 0.4) is 0 Å². The Balaban J connectivity index is 1.66. The fourth-order valence-electron chi connectivity index (χ4n) is 3.09. The molecule has 1 aromatic heterocycles. The average Bonchev–Trinajstić information content (AvgIpc) is 2.55. The molecular weight excluding hydrogens is 288 g/mol. The van der Waals surface area contributed by atoms with Crippen molar-refractivity contribution < 1.29 is 0 Å². The number of aromatic nitrogens is 2. The quantitative estimate of drug-likeness (QED) is 0.888. The zero-order valence-electron chi connectivity index (χ0n) is 13.6. The molecule has 0 aliphatic carbocycles. The standard InChI is InChI=1S/C18H24N4O/c1-2-3-4-13-5-7-14(8-6-13)11-22-10-9-16-15(12-22)17(23)21-18(19)20-16/h5-8H,2-4,9-12H2,1H3,(H3,19,20,21,23). The van der Waals surface area contributed by atoms with E-state index in [2.05, 4.69) is 46.1 Å². The first-order chi connectivity index (χ1) is 11.2. The van der Waals surface area contributed by atoms with Crippen LogP contribution in [0.4, 0.5) is 5.95 Å². The number of nitrogens with zero attached hydrogens (tertiary/aromatic N) is 2. The summed E-state index contributed by atoms with van der Waals surface area (Å²) in [4.78, 5) is 21.2. The minimum Gasteiger partial charge on any atom is -0.369 e. The smallest absolute Gasteiger partial charge is 0.257 e. The molecule has 122 valence electrons. The summed E-state index contributed by atoms with van der Waals surface area (Å²) in [6, 6.07) is 8.84. The van der Waals surface area contributed by atoms with Crippen LogP contribution in [0.1, 0.15) is 42.1 Å². The molecule has 0 fully saturated rings. The molecule has 0 radical (unpaired) electrons. The van der Waals surface area contributed by atoms with Crippen LogP contribution in [0.25, 0.3) is 0 Å². The number of nitrogens with two attached hydrogens (primary N) is 1. The lowest BCUT2D eigenvalue weighted by molar-refractivity contribution is 0.242. The second-order valence-electron chi connectivity index (χ2n) is 6.26. The molecule has 1 aromatic carbocycles. The van der Waals surface area contributed by atoms with Gasteiger partial charge in [-0.3, -0.25) is 14.7 Å². The van der Waals surface area contributed by atoms with E-state index < -0.39 is 0 Å². The summed E-state index contributed by atoms with van der Waals surface area (Å²) in [6.07, 6.45) is 4.39. The maximum Gasteiger partial charge on any atom is 0.257 e. The van der Waals surface area contributed by atoms with E-state index in [9.17, 15) is 4.79 Å². The number of hydrogen-bond acceptors (Lipinski definition) is 4. The van der Waals surface area contributed by atoms with Crippen LogP contribution < -0.4 is 11.3 Å². The zero-order valence-corrected chi connectivity index (χ0v) is 13.6. The molecule has 0 bridgehead atoms. The molecule has 0 amide bonds. The number of aromatic amines is 1. The number of anilines is 1. The van der Waals surface area contributed by atoms with Crippen molar-refractivity contribution in [2.75, 3.05) is 12.3 Å². The Hall–Kier alpha value is -2.14. The highest BCUT2D eigenvalue weighted by Gasteiger charge is 2.20. The lowest BCUT2D eigenvalue weighted by Crippen LogP contribution is -2.35. The van der Waals surface area contributed by atoms with Gasteiger partial charge in [0.25, 0.3) is 5.56 Å². The van der Waals surface area contributed by atoms with Crippen molar-refractivity contribution in [1.82, 2.24) is 14.9 Å². The number of nitrogens with one attached hydrogen (secondary N) is 1. The lowest BCUT2D eigenvalue weighted by Gasteiger charge is -2.27. The molecule has 0 unspecified atom stereocenters. The van der Waals surface area contributed by atoms with Gasteiger partial charge in [0.2, 0.25) is 5.95 Å². The van der Waals surface area contributed by atoms with Gasteiger partial charge < -0.3 is 5.73 Å². The van der Waals surface area contributed by atoms with Crippen molar-refractivity contribution in [3.63, 3.8) is 0 Å². The summed E-state index contributed by atoms with van der Waals surface area (Å²) in [5, 5.41) is 0. The van der Waals surface area contributed by atoms with Crippen LogP contribution >= 0.6 is 0 Å². The summed E-state index contributed by atoms with van der Waals surface area (Å²) >= 11 is 0. The third-order valence-corrected chi connectivity index (χ3v) is 4.41. The maximum atomic E-state index is 12.0. The molecule has 1 aliphatic heterocycles. The van der Waals surface area contributed by atoms with Crippen LogP contribution in [0, 0.1) is 0 Å². The van der Waals surface area contributed by atoms with E-state index in [4.69, 9.17) is 5.73 Å². The second kappa shape index (κ2) is 6.96. The molecule has 0 spiro atoms. The number of nitrogen functional groups attached to an aromatic ring is 1.